The maximum Gasteiger partial charge on any atom is 0.257 e. The molecular weight excluding hydrogens is 304 g/mol. The fraction of sp³-hybridized carbons (Fsp3) is 0.316. The average molecular weight is 328 g/mol. The molecule has 0 aliphatic carbocycles. The molecule has 5 heteroatoms. The van der Waals surface area contributed by atoms with Gasteiger partial charge in [-0.15, -0.1) is 0 Å². The van der Waals surface area contributed by atoms with E-state index in [1.54, 1.807) is 0 Å². The molecule has 1 amide bonds. The van der Waals surface area contributed by atoms with Crippen molar-refractivity contribution in [1.29, 1.82) is 0 Å². The molecule has 24 heavy (non-hydrogen) atoms. The van der Waals surface area contributed by atoms with Crippen LogP contribution in [-0.2, 0) is 4.79 Å². The molecule has 0 spiro atoms. The van der Waals surface area contributed by atoms with Gasteiger partial charge in [-0.05, 0) is 55.7 Å². The van der Waals surface area contributed by atoms with E-state index in [-0.39, 0.29) is 12.5 Å². The molecule has 128 valence electrons. The van der Waals surface area contributed by atoms with E-state index in [9.17, 15) is 4.79 Å². The number of para-hydroxylation sites is 1. The number of nitrogens with two attached hydrogens (primary N) is 1. The lowest BCUT2D eigenvalue weighted by Gasteiger charge is -2.08. The third kappa shape index (κ3) is 7.05. The molecule has 0 unspecified atom stereocenters. The van der Waals surface area contributed by atoms with Gasteiger partial charge in [-0.25, -0.2) is 0 Å². The fourth-order valence-electron chi connectivity index (χ4n) is 2.10. The zero-order valence-electron chi connectivity index (χ0n) is 13.7. The number of nitrogen functional groups attached to an aromatic ring is 1. The van der Waals surface area contributed by atoms with Crippen LogP contribution in [0.1, 0.15) is 19.3 Å². The Morgan fingerprint density at radius 1 is 0.875 bits per heavy atom. The number of carbonyl (C=O) groups is 1. The minimum atomic E-state index is -0.100. The number of anilines is 1. The van der Waals surface area contributed by atoms with Crippen molar-refractivity contribution in [2.45, 2.75) is 19.3 Å². The predicted molar refractivity (Wildman–Crippen MR) is 95.1 cm³/mol. The minimum absolute atomic E-state index is 0.0459. The maximum absolute atomic E-state index is 11.6. The molecule has 2 aromatic carbocycles. The van der Waals surface area contributed by atoms with Gasteiger partial charge < -0.3 is 20.5 Å². The highest BCUT2D eigenvalue weighted by atomic mass is 16.5. The van der Waals surface area contributed by atoms with Crippen molar-refractivity contribution >= 4 is 11.6 Å². The highest BCUT2D eigenvalue weighted by Gasteiger charge is 2.01. The lowest BCUT2D eigenvalue weighted by molar-refractivity contribution is -0.123. The normalized spacial score (nSPS) is 10.2. The first-order chi connectivity index (χ1) is 11.7. The Labute approximate surface area is 142 Å². The molecule has 0 saturated heterocycles. The van der Waals surface area contributed by atoms with Gasteiger partial charge in [0, 0.05) is 12.2 Å². The largest absolute Gasteiger partial charge is 0.494 e. The number of carbonyl (C=O) groups excluding carboxylic acids is 1. The topological polar surface area (TPSA) is 73.6 Å². The molecule has 3 N–H and O–H groups in total. The summed E-state index contributed by atoms with van der Waals surface area (Å²) in [6.07, 6.45) is 2.86. The Balaban J connectivity index is 1.46. The number of unbranched alkanes of at least 4 members (excludes halogenated alkanes) is 2. The average Bonchev–Trinajstić information content (AvgIpc) is 2.61. The lowest BCUT2D eigenvalue weighted by Crippen LogP contribution is -2.29. The van der Waals surface area contributed by atoms with E-state index in [0.717, 1.165) is 30.7 Å². The summed E-state index contributed by atoms with van der Waals surface area (Å²) < 4.78 is 11.0. The summed E-state index contributed by atoms with van der Waals surface area (Å²) in [5, 5.41) is 2.85. The van der Waals surface area contributed by atoms with Crippen LogP contribution >= 0.6 is 0 Å². The zero-order valence-corrected chi connectivity index (χ0v) is 13.7. The first-order valence-corrected chi connectivity index (χ1v) is 8.17. The van der Waals surface area contributed by atoms with Crippen LogP contribution in [0, 0.1) is 0 Å². The lowest BCUT2D eigenvalue weighted by atomic mass is 10.2. The van der Waals surface area contributed by atoms with Crippen LogP contribution in [0.4, 0.5) is 5.69 Å². The quantitative estimate of drug-likeness (QED) is 0.519. The van der Waals surface area contributed by atoms with Gasteiger partial charge in [0.05, 0.1) is 6.61 Å². The third-order valence-electron chi connectivity index (χ3n) is 3.41. The van der Waals surface area contributed by atoms with Crippen LogP contribution in [0.15, 0.2) is 54.6 Å². The third-order valence-corrected chi connectivity index (χ3v) is 3.41. The van der Waals surface area contributed by atoms with Crippen molar-refractivity contribution in [3.8, 4) is 11.5 Å². The summed E-state index contributed by atoms with van der Waals surface area (Å²) in [7, 11) is 0. The number of amides is 1. The van der Waals surface area contributed by atoms with Gasteiger partial charge in [-0.2, -0.15) is 0 Å². The first-order valence-electron chi connectivity index (χ1n) is 8.17. The molecule has 0 aliphatic heterocycles. The summed E-state index contributed by atoms with van der Waals surface area (Å²) in [6, 6.07) is 16.7. The van der Waals surface area contributed by atoms with Gasteiger partial charge >= 0.3 is 0 Å². The highest BCUT2D eigenvalue weighted by Crippen LogP contribution is 2.13. The summed E-state index contributed by atoms with van der Waals surface area (Å²) in [5.41, 5.74) is 6.35. The second-order valence-electron chi connectivity index (χ2n) is 5.43. The van der Waals surface area contributed by atoms with E-state index in [4.69, 9.17) is 15.2 Å². The molecular formula is C19H24N2O3. The Hall–Kier alpha value is -2.69. The predicted octanol–water partition coefficient (Wildman–Crippen LogP) is 3.01. The van der Waals surface area contributed by atoms with Crippen LogP contribution in [0.25, 0.3) is 0 Å². The molecule has 2 rings (SSSR count). The molecule has 0 radical (unpaired) electrons. The molecule has 0 fully saturated rings. The molecule has 0 saturated carbocycles. The van der Waals surface area contributed by atoms with Gasteiger partial charge in [-0.1, -0.05) is 18.2 Å². The number of nitrogens with one attached hydrogen (secondary N) is 1. The zero-order chi connectivity index (χ0) is 17.0. The fourth-order valence-corrected chi connectivity index (χ4v) is 2.10. The molecule has 0 aliphatic rings. The van der Waals surface area contributed by atoms with Crippen molar-refractivity contribution < 1.29 is 14.3 Å². The number of benzene rings is 2. The Bertz CT molecular complexity index is 600. The van der Waals surface area contributed by atoms with Crippen LogP contribution in [0.3, 0.4) is 0 Å². The number of hydrogen-bond acceptors (Lipinski definition) is 4. The maximum atomic E-state index is 11.6. The van der Waals surface area contributed by atoms with E-state index in [2.05, 4.69) is 5.32 Å². The Morgan fingerprint density at radius 2 is 1.58 bits per heavy atom. The molecule has 2 aromatic rings. The van der Waals surface area contributed by atoms with Gasteiger partial charge in [0.15, 0.2) is 6.61 Å². The van der Waals surface area contributed by atoms with E-state index >= 15 is 0 Å². The summed E-state index contributed by atoms with van der Waals surface area (Å²) in [6.45, 7) is 1.36. The number of hydrogen-bond donors (Lipinski definition) is 2. The van der Waals surface area contributed by atoms with Crippen molar-refractivity contribution in [2.75, 3.05) is 25.5 Å². The number of rotatable bonds is 10. The first kappa shape index (κ1) is 17.7. The van der Waals surface area contributed by atoms with Crippen molar-refractivity contribution in [3.05, 3.63) is 54.6 Å². The second-order valence-corrected chi connectivity index (χ2v) is 5.43. The standard InChI is InChI=1S/C19H24N2O3/c20-16-9-11-18(12-10-16)23-14-6-2-5-13-21-19(22)15-24-17-7-3-1-4-8-17/h1,3-4,7-12H,2,5-6,13-15,20H2,(H,21,22). The molecule has 0 heterocycles. The molecule has 0 atom stereocenters. The summed E-state index contributed by atoms with van der Waals surface area (Å²) >= 11 is 0. The minimum Gasteiger partial charge on any atom is -0.494 e. The monoisotopic (exact) mass is 328 g/mol. The molecule has 0 aromatic heterocycles. The molecule has 5 nitrogen and oxygen atoms in total. The summed E-state index contributed by atoms with van der Waals surface area (Å²) in [4.78, 5) is 11.6. The van der Waals surface area contributed by atoms with Crippen molar-refractivity contribution in [2.24, 2.45) is 0 Å². The van der Waals surface area contributed by atoms with Gasteiger partial charge in [0.1, 0.15) is 11.5 Å². The van der Waals surface area contributed by atoms with E-state index in [0.29, 0.717) is 18.9 Å². The van der Waals surface area contributed by atoms with Crippen LogP contribution < -0.4 is 20.5 Å². The second kappa shape index (κ2) is 10.2. The van der Waals surface area contributed by atoms with E-state index in [1.165, 1.54) is 0 Å². The van der Waals surface area contributed by atoms with Gasteiger partial charge in [0.25, 0.3) is 5.91 Å². The Morgan fingerprint density at radius 3 is 2.33 bits per heavy atom. The van der Waals surface area contributed by atoms with E-state index in [1.807, 2.05) is 54.6 Å². The van der Waals surface area contributed by atoms with Crippen LogP contribution in [0.5, 0.6) is 11.5 Å². The van der Waals surface area contributed by atoms with E-state index < -0.39 is 0 Å². The van der Waals surface area contributed by atoms with Crippen molar-refractivity contribution in [3.63, 3.8) is 0 Å². The number of ether oxygens (including phenoxy) is 2. The van der Waals surface area contributed by atoms with Crippen LogP contribution in [0.2, 0.25) is 0 Å². The SMILES string of the molecule is Nc1ccc(OCCCCCNC(=O)COc2ccccc2)cc1. The molecule has 0 bridgehead atoms. The smallest absolute Gasteiger partial charge is 0.257 e. The van der Waals surface area contributed by atoms with Crippen LogP contribution in [-0.4, -0.2) is 25.7 Å². The van der Waals surface area contributed by atoms with Gasteiger partial charge in [-0.3, -0.25) is 4.79 Å². The highest BCUT2D eigenvalue weighted by molar-refractivity contribution is 5.77. The summed E-state index contributed by atoms with van der Waals surface area (Å²) in [5.74, 6) is 1.43. The van der Waals surface area contributed by atoms with Crippen molar-refractivity contribution in [1.82, 2.24) is 5.32 Å². The Kier molecular flexibility index (Phi) is 7.47. The van der Waals surface area contributed by atoms with Gasteiger partial charge in [0.2, 0.25) is 0 Å².